The molecule has 3 aromatic rings. The van der Waals surface area contributed by atoms with Gasteiger partial charge in [-0.15, -0.1) is 0 Å². The topological polar surface area (TPSA) is 67.0 Å². The lowest BCUT2D eigenvalue weighted by atomic mass is 10.1. The van der Waals surface area contributed by atoms with Crippen LogP contribution in [0.4, 0.5) is 0 Å². The molecule has 28 heavy (non-hydrogen) atoms. The number of hydrogen-bond acceptors (Lipinski definition) is 3. The van der Waals surface area contributed by atoms with Crippen LogP contribution in [-0.2, 0) is 16.1 Å². The fourth-order valence-electron chi connectivity index (χ4n) is 2.97. The Balaban J connectivity index is 1.94. The second-order valence-corrected chi connectivity index (χ2v) is 6.71. The zero-order valence-electron chi connectivity index (χ0n) is 15.5. The largest absolute Gasteiger partial charge is 0.383 e. The highest BCUT2D eigenvalue weighted by Gasteiger charge is 2.12. The second kappa shape index (κ2) is 9.23. The number of amides is 1. The van der Waals surface area contributed by atoms with E-state index in [9.17, 15) is 10.1 Å². The maximum atomic E-state index is 12.2. The number of carbonyl (C=O) groups excluding carboxylic acids is 1. The first-order valence-electron chi connectivity index (χ1n) is 8.83. The highest BCUT2D eigenvalue weighted by atomic mass is 35.5. The van der Waals surface area contributed by atoms with Gasteiger partial charge in [-0.25, -0.2) is 0 Å². The first-order valence-corrected chi connectivity index (χ1v) is 9.21. The molecule has 0 aliphatic carbocycles. The summed E-state index contributed by atoms with van der Waals surface area (Å²) in [6.07, 6.45) is 3.59. The van der Waals surface area contributed by atoms with Crippen LogP contribution in [-0.4, -0.2) is 30.7 Å². The molecule has 5 nitrogen and oxygen atoms in total. The van der Waals surface area contributed by atoms with Crippen LogP contribution in [0.2, 0.25) is 5.02 Å². The Morgan fingerprint density at radius 2 is 2.00 bits per heavy atom. The monoisotopic (exact) mass is 393 g/mol. The van der Waals surface area contributed by atoms with Gasteiger partial charge in [-0.1, -0.05) is 41.9 Å². The zero-order valence-corrected chi connectivity index (χ0v) is 16.2. The molecule has 1 N–H and O–H groups in total. The smallest absolute Gasteiger partial charge is 0.262 e. The normalized spacial score (nSPS) is 11.4. The number of rotatable bonds is 7. The van der Waals surface area contributed by atoms with Gasteiger partial charge in [0.2, 0.25) is 0 Å². The molecule has 0 aliphatic rings. The molecule has 0 atom stereocenters. The van der Waals surface area contributed by atoms with Crippen molar-refractivity contribution in [2.75, 3.05) is 20.3 Å². The molecule has 0 aliphatic heterocycles. The number of fused-ring (bicyclic) bond motifs is 1. The Kier molecular flexibility index (Phi) is 6.49. The summed E-state index contributed by atoms with van der Waals surface area (Å²) in [5.74, 6) is -0.408. The van der Waals surface area contributed by atoms with E-state index in [-0.39, 0.29) is 5.57 Å². The van der Waals surface area contributed by atoms with Crippen LogP contribution in [0.15, 0.2) is 60.3 Å². The number of nitriles is 1. The number of methoxy groups -OCH3 is 1. The summed E-state index contributed by atoms with van der Waals surface area (Å²) in [6.45, 7) is 1.41. The van der Waals surface area contributed by atoms with E-state index in [2.05, 4.69) is 9.88 Å². The number of aromatic nitrogens is 1. The van der Waals surface area contributed by atoms with Gasteiger partial charge in [0.1, 0.15) is 11.6 Å². The summed E-state index contributed by atoms with van der Waals surface area (Å²) in [4.78, 5) is 12.2. The second-order valence-electron chi connectivity index (χ2n) is 6.27. The number of ether oxygens (including phenoxy) is 1. The Bertz CT molecular complexity index is 1050. The van der Waals surface area contributed by atoms with Gasteiger partial charge in [-0.05, 0) is 29.8 Å². The number of nitrogens with zero attached hydrogens (tertiary/aromatic N) is 2. The van der Waals surface area contributed by atoms with E-state index in [4.69, 9.17) is 16.3 Å². The predicted molar refractivity (Wildman–Crippen MR) is 111 cm³/mol. The van der Waals surface area contributed by atoms with Crippen LogP contribution < -0.4 is 5.32 Å². The van der Waals surface area contributed by atoms with E-state index in [1.165, 1.54) is 0 Å². The average Bonchev–Trinajstić information content (AvgIpc) is 3.05. The van der Waals surface area contributed by atoms with Crippen LogP contribution in [0.25, 0.3) is 17.0 Å². The molecule has 0 saturated carbocycles. The summed E-state index contributed by atoms with van der Waals surface area (Å²) in [5, 5.41) is 13.8. The van der Waals surface area contributed by atoms with Crippen molar-refractivity contribution in [3.05, 3.63) is 76.5 Å². The Labute approximate surface area is 168 Å². The molecule has 1 amide bonds. The first-order chi connectivity index (χ1) is 13.6. The quantitative estimate of drug-likeness (QED) is 0.374. The molecule has 1 aromatic heterocycles. The summed E-state index contributed by atoms with van der Waals surface area (Å²) >= 11 is 5.97. The third-order valence-electron chi connectivity index (χ3n) is 4.34. The highest BCUT2D eigenvalue weighted by Crippen LogP contribution is 2.25. The lowest BCUT2D eigenvalue weighted by Crippen LogP contribution is -2.27. The lowest BCUT2D eigenvalue weighted by Gasteiger charge is -2.05. The number of para-hydroxylation sites is 1. The molecule has 0 unspecified atom stereocenters. The summed E-state index contributed by atoms with van der Waals surface area (Å²) in [5.41, 5.74) is 3.02. The van der Waals surface area contributed by atoms with E-state index in [0.717, 1.165) is 22.0 Å². The molecule has 0 spiro atoms. The molecule has 2 aromatic carbocycles. The minimum Gasteiger partial charge on any atom is -0.383 e. The molecule has 142 valence electrons. The van der Waals surface area contributed by atoms with Gasteiger partial charge < -0.3 is 14.6 Å². The Hall–Kier alpha value is -3.07. The lowest BCUT2D eigenvalue weighted by molar-refractivity contribution is -0.117. The zero-order chi connectivity index (χ0) is 19.9. The van der Waals surface area contributed by atoms with Crippen molar-refractivity contribution in [1.29, 1.82) is 5.26 Å². The van der Waals surface area contributed by atoms with Gasteiger partial charge in [-0.2, -0.15) is 5.26 Å². The van der Waals surface area contributed by atoms with Gasteiger partial charge in [-0.3, -0.25) is 4.79 Å². The molecule has 6 heteroatoms. The van der Waals surface area contributed by atoms with E-state index < -0.39 is 5.91 Å². The van der Waals surface area contributed by atoms with Crippen LogP contribution in [0.5, 0.6) is 0 Å². The Morgan fingerprint density at radius 1 is 1.25 bits per heavy atom. The SMILES string of the molecule is COCCNC(=O)C(C#N)=Cc1cn(Cc2ccc(Cl)cc2)c2ccccc12. The van der Waals surface area contributed by atoms with Crippen molar-refractivity contribution in [3.63, 3.8) is 0 Å². The number of carbonyl (C=O) groups is 1. The summed E-state index contributed by atoms with van der Waals surface area (Å²) in [6, 6.07) is 17.6. The van der Waals surface area contributed by atoms with Crippen LogP contribution in [0, 0.1) is 11.3 Å². The fourth-order valence-corrected chi connectivity index (χ4v) is 3.10. The predicted octanol–water partition coefficient (Wildman–Crippen LogP) is 4.01. The summed E-state index contributed by atoms with van der Waals surface area (Å²) < 4.78 is 7.02. The van der Waals surface area contributed by atoms with Gasteiger partial charge in [0, 0.05) is 47.9 Å². The van der Waals surface area contributed by atoms with Crippen molar-refractivity contribution >= 4 is 34.5 Å². The molecule has 0 saturated heterocycles. The van der Waals surface area contributed by atoms with Crippen molar-refractivity contribution in [3.8, 4) is 6.07 Å². The van der Waals surface area contributed by atoms with Crippen molar-refractivity contribution in [2.24, 2.45) is 0 Å². The minimum atomic E-state index is -0.408. The Morgan fingerprint density at radius 3 is 2.71 bits per heavy atom. The molecule has 1 heterocycles. The van der Waals surface area contributed by atoms with E-state index in [1.54, 1.807) is 13.2 Å². The maximum absolute atomic E-state index is 12.2. The van der Waals surface area contributed by atoms with Crippen molar-refractivity contribution in [1.82, 2.24) is 9.88 Å². The van der Waals surface area contributed by atoms with E-state index in [0.29, 0.717) is 24.7 Å². The maximum Gasteiger partial charge on any atom is 0.262 e. The average molecular weight is 394 g/mol. The van der Waals surface area contributed by atoms with Crippen LogP contribution >= 0.6 is 11.6 Å². The first kappa shape index (κ1) is 19.7. The molecule has 0 radical (unpaired) electrons. The van der Waals surface area contributed by atoms with Crippen LogP contribution in [0.3, 0.4) is 0 Å². The minimum absolute atomic E-state index is 0.0606. The molecular formula is C22H20ClN3O2. The highest BCUT2D eigenvalue weighted by molar-refractivity contribution is 6.30. The standard InChI is InChI=1S/C22H20ClN3O2/c1-28-11-10-25-22(27)17(13-24)12-18-15-26(21-5-3-2-4-20(18)21)14-16-6-8-19(23)9-7-16/h2-9,12,15H,10-11,14H2,1H3,(H,25,27). The number of benzene rings is 2. The van der Waals surface area contributed by atoms with Crippen molar-refractivity contribution < 1.29 is 9.53 Å². The van der Waals surface area contributed by atoms with Gasteiger partial charge in [0.25, 0.3) is 5.91 Å². The van der Waals surface area contributed by atoms with E-state index in [1.807, 2.05) is 60.8 Å². The summed E-state index contributed by atoms with van der Waals surface area (Å²) in [7, 11) is 1.56. The number of nitrogens with one attached hydrogen (secondary N) is 1. The third kappa shape index (κ3) is 4.61. The molecule has 0 bridgehead atoms. The third-order valence-corrected chi connectivity index (χ3v) is 4.59. The molecule has 3 rings (SSSR count). The van der Waals surface area contributed by atoms with Gasteiger partial charge in [0.15, 0.2) is 0 Å². The molecular weight excluding hydrogens is 374 g/mol. The van der Waals surface area contributed by atoms with E-state index >= 15 is 0 Å². The van der Waals surface area contributed by atoms with Gasteiger partial charge >= 0.3 is 0 Å². The van der Waals surface area contributed by atoms with Crippen LogP contribution in [0.1, 0.15) is 11.1 Å². The number of hydrogen-bond donors (Lipinski definition) is 1. The fraction of sp³-hybridized carbons (Fsp3) is 0.182. The molecule has 0 fully saturated rings. The van der Waals surface area contributed by atoms with Crippen molar-refractivity contribution in [2.45, 2.75) is 6.54 Å². The number of halogens is 1. The van der Waals surface area contributed by atoms with Gasteiger partial charge in [0.05, 0.1) is 6.61 Å².